The van der Waals surface area contributed by atoms with Crippen LogP contribution in [0, 0.1) is 36.8 Å². The molecule has 0 radical (unpaired) electrons. The first-order chi connectivity index (χ1) is 9.51. The Labute approximate surface area is 116 Å². The van der Waals surface area contributed by atoms with Crippen molar-refractivity contribution in [3.63, 3.8) is 0 Å². The van der Waals surface area contributed by atoms with Crippen molar-refractivity contribution in [2.45, 2.75) is 20.4 Å². The monoisotopic (exact) mass is 272 g/mol. The molecule has 0 bridgehead atoms. The van der Waals surface area contributed by atoms with Crippen LogP contribution in [-0.2, 0) is 6.54 Å². The van der Waals surface area contributed by atoms with Gasteiger partial charge in [0.2, 0.25) is 0 Å². The Morgan fingerprint density at radius 3 is 2.30 bits per heavy atom. The van der Waals surface area contributed by atoms with Crippen LogP contribution in [0.5, 0.6) is 0 Å². The van der Waals surface area contributed by atoms with Gasteiger partial charge < -0.3 is 5.32 Å². The number of nitrogens with one attached hydrogen (secondary N) is 1. The van der Waals surface area contributed by atoms with Gasteiger partial charge >= 0.3 is 0 Å². The summed E-state index contributed by atoms with van der Waals surface area (Å²) in [7, 11) is 0. The fraction of sp³-hybridized carbons (Fsp3) is 0.188. The topological polar surface area (TPSA) is 35.8 Å². The lowest BCUT2D eigenvalue weighted by molar-refractivity contribution is 0.608. The zero-order valence-electron chi connectivity index (χ0n) is 11.3. The van der Waals surface area contributed by atoms with E-state index >= 15 is 0 Å². The molecule has 0 saturated heterocycles. The van der Waals surface area contributed by atoms with Crippen molar-refractivity contribution in [1.29, 1.82) is 5.26 Å². The van der Waals surface area contributed by atoms with E-state index in [9.17, 15) is 8.78 Å². The molecule has 0 atom stereocenters. The first-order valence-corrected chi connectivity index (χ1v) is 6.20. The first kappa shape index (κ1) is 14.0. The number of nitriles is 1. The van der Waals surface area contributed by atoms with Crippen molar-refractivity contribution in [3.05, 3.63) is 64.2 Å². The van der Waals surface area contributed by atoms with Gasteiger partial charge in [0.15, 0.2) is 0 Å². The number of anilines is 1. The van der Waals surface area contributed by atoms with E-state index in [1.807, 2.05) is 0 Å². The predicted molar refractivity (Wildman–Crippen MR) is 74.3 cm³/mol. The van der Waals surface area contributed by atoms with Crippen LogP contribution in [0.2, 0.25) is 0 Å². The Morgan fingerprint density at radius 1 is 1.10 bits per heavy atom. The second-order valence-corrected chi connectivity index (χ2v) is 4.70. The fourth-order valence-corrected chi connectivity index (χ4v) is 2.06. The van der Waals surface area contributed by atoms with Crippen molar-refractivity contribution in [1.82, 2.24) is 0 Å². The van der Waals surface area contributed by atoms with E-state index in [0.29, 0.717) is 23.4 Å². The maximum absolute atomic E-state index is 13.5. The highest BCUT2D eigenvalue weighted by molar-refractivity contribution is 5.48. The molecule has 0 saturated carbocycles. The van der Waals surface area contributed by atoms with Crippen LogP contribution in [0.25, 0.3) is 0 Å². The summed E-state index contributed by atoms with van der Waals surface area (Å²) in [5.74, 6) is -0.748. The Bertz CT molecular complexity index is 664. The number of nitrogens with zero attached hydrogens (tertiary/aromatic N) is 1. The minimum atomic E-state index is -0.552. The summed E-state index contributed by atoms with van der Waals surface area (Å²) in [6.45, 7) is 3.90. The highest BCUT2D eigenvalue weighted by atomic mass is 19.1. The summed E-state index contributed by atoms with van der Waals surface area (Å²) < 4.78 is 27.0. The highest BCUT2D eigenvalue weighted by Gasteiger charge is 2.05. The molecule has 0 heterocycles. The Kier molecular flexibility index (Phi) is 3.99. The molecule has 0 fully saturated rings. The molecule has 0 aliphatic carbocycles. The normalized spacial score (nSPS) is 10.2. The van der Waals surface area contributed by atoms with Crippen LogP contribution < -0.4 is 5.32 Å². The average Bonchev–Trinajstić information content (AvgIpc) is 2.42. The minimum Gasteiger partial charge on any atom is -0.381 e. The molecule has 20 heavy (non-hydrogen) atoms. The maximum atomic E-state index is 13.5. The number of halogens is 2. The van der Waals surface area contributed by atoms with Crippen molar-refractivity contribution in [3.8, 4) is 6.07 Å². The minimum absolute atomic E-state index is 0.0176. The van der Waals surface area contributed by atoms with Crippen molar-refractivity contribution < 1.29 is 8.78 Å². The van der Waals surface area contributed by atoms with Crippen molar-refractivity contribution in [2.24, 2.45) is 0 Å². The molecule has 2 rings (SSSR count). The van der Waals surface area contributed by atoms with Crippen LogP contribution in [0.4, 0.5) is 14.5 Å². The van der Waals surface area contributed by atoms with Gasteiger partial charge in [0.25, 0.3) is 0 Å². The van der Waals surface area contributed by atoms with Crippen molar-refractivity contribution >= 4 is 5.69 Å². The van der Waals surface area contributed by atoms with Gasteiger partial charge in [0, 0.05) is 12.2 Å². The molecule has 0 aliphatic heterocycles. The fourth-order valence-electron chi connectivity index (χ4n) is 2.06. The molecule has 0 aromatic heterocycles. The summed E-state index contributed by atoms with van der Waals surface area (Å²) >= 11 is 0. The van der Waals surface area contributed by atoms with E-state index < -0.39 is 5.82 Å². The van der Waals surface area contributed by atoms with Crippen LogP contribution >= 0.6 is 0 Å². The van der Waals surface area contributed by atoms with E-state index in [-0.39, 0.29) is 11.4 Å². The van der Waals surface area contributed by atoms with Crippen LogP contribution in [0.15, 0.2) is 30.3 Å². The zero-order chi connectivity index (χ0) is 14.7. The van der Waals surface area contributed by atoms with E-state index in [0.717, 1.165) is 5.56 Å². The molecule has 1 N–H and O–H groups in total. The zero-order valence-corrected chi connectivity index (χ0v) is 11.3. The lowest BCUT2D eigenvalue weighted by Gasteiger charge is -2.10. The molecular weight excluding hydrogens is 258 g/mol. The third-order valence-electron chi connectivity index (χ3n) is 3.08. The molecule has 2 aromatic carbocycles. The number of aryl methyl sites for hydroxylation is 2. The number of hydrogen-bond acceptors (Lipinski definition) is 2. The van der Waals surface area contributed by atoms with Crippen LogP contribution in [0.1, 0.15) is 22.3 Å². The van der Waals surface area contributed by atoms with Crippen molar-refractivity contribution in [2.75, 3.05) is 5.32 Å². The standard InChI is InChI=1S/C16H14F2N2/c1-10-5-12(6-11(2)16(10)18)9-20-14-4-3-13(8-19)15(17)7-14/h3-7,20H,9H2,1-2H3. The van der Waals surface area contributed by atoms with Crippen LogP contribution in [0.3, 0.4) is 0 Å². The predicted octanol–water partition coefficient (Wildman–Crippen LogP) is 4.07. The highest BCUT2D eigenvalue weighted by Crippen LogP contribution is 2.18. The number of benzene rings is 2. The number of rotatable bonds is 3. The Balaban J connectivity index is 2.13. The molecule has 0 amide bonds. The van der Waals surface area contributed by atoms with E-state index in [1.54, 1.807) is 38.1 Å². The van der Waals surface area contributed by atoms with Gasteiger partial charge in [-0.2, -0.15) is 5.26 Å². The molecule has 2 aromatic rings. The molecule has 0 aliphatic rings. The summed E-state index contributed by atoms with van der Waals surface area (Å²) in [6, 6.07) is 9.64. The summed E-state index contributed by atoms with van der Waals surface area (Å²) in [5.41, 5.74) is 2.71. The van der Waals surface area contributed by atoms with Gasteiger partial charge in [-0.3, -0.25) is 0 Å². The number of hydrogen-bond donors (Lipinski definition) is 1. The first-order valence-electron chi connectivity index (χ1n) is 6.20. The third-order valence-corrected chi connectivity index (χ3v) is 3.08. The average molecular weight is 272 g/mol. The lowest BCUT2D eigenvalue weighted by atomic mass is 10.1. The molecule has 2 nitrogen and oxygen atoms in total. The molecular formula is C16H14F2N2. The summed E-state index contributed by atoms with van der Waals surface area (Å²) in [6.07, 6.45) is 0. The molecule has 102 valence electrons. The van der Waals surface area contributed by atoms with E-state index in [4.69, 9.17) is 5.26 Å². The lowest BCUT2D eigenvalue weighted by Crippen LogP contribution is -2.02. The van der Waals surface area contributed by atoms with Gasteiger partial charge in [-0.05, 0) is 48.7 Å². The molecule has 0 spiro atoms. The quantitative estimate of drug-likeness (QED) is 0.914. The summed E-state index contributed by atoms with van der Waals surface area (Å²) in [4.78, 5) is 0. The Hall–Kier alpha value is -2.41. The maximum Gasteiger partial charge on any atom is 0.143 e. The summed E-state index contributed by atoms with van der Waals surface area (Å²) in [5, 5.41) is 11.7. The van der Waals surface area contributed by atoms with Gasteiger partial charge in [-0.1, -0.05) is 12.1 Å². The SMILES string of the molecule is Cc1cc(CNc2ccc(C#N)c(F)c2)cc(C)c1F. The van der Waals surface area contributed by atoms with Crippen LogP contribution in [-0.4, -0.2) is 0 Å². The second kappa shape index (κ2) is 5.70. The molecule has 4 heteroatoms. The van der Waals surface area contributed by atoms with Gasteiger partial charge in [-0.15, -0.1) is 0 Å². The Morgan fingerprint density at radius 2 is 1.75 bits per heavy atom. The molecule has 0 unspecified atom stereocenters. The van der Waals surface area contributed by atoms with E-state index in [1.165, 1.54) is 12.1 Å². The van der Waals surface area contributed by atoms with Gasteiger partial charge in [-0.25, -0.2) is 8.78 Å². The van der Waals surface area contributed by atoms with E-state index in [2.05, 4.69) is 5.32 Å². The van der Waals surface area contributed by atoms with Gasteiger partial charge in [0.1, 0.15) is 17.7 Å². The third kappa shape index (κ3) is 2.94. The smallest absolute Gasteiger partial charge is 0.143 e. The second-order valence-electron chi connectivity index (χ2n) is 4.70. The largest absolute Gasteiger partial charge is 0.381 e. The van der Waals surface area contributed by atoms with Gasteiger partial charge in [0.05, 0.1) is 5.56 Å².